The number of hydrogen-bond acceptors (Lipinski definition) is 5. The lowest BCUT2D eigenvalue weighted by Gasteiger charge is -2.22. The largest absolute Gasteiger partial charge is 0.360 e. The van der Waals surface area contributed by atoms with E-state index >= 15 is 0 Å². The highest BCUT2D eigenvalue weighted by molar-refractivity contribution is 6.35. The van der Waals surface area contributed by atoms with Crippen LogP contribution in [0.3, 0.4) is 0 Å². The van der Waals surface area contributed by atoms with Crippen molar-refractivity contribution in [2.45, 2.75) is 13.0 Å². The molecule has 5 rings (SSSR count). The highest BCUT2D eigenvalue weighted by Crippen LogP contribution is 2.30. The topological polar surface area (TPSA) is 88.5 Å². The standard InChI is InChI=1S/C22H14ClF3N6O/c1-10(31-21-19-20(28-8-27-19)29-9-30-21)15-7-11-5-6-12(24)17(23)16(11)22(33)32(15)14-4-2-3-13(25)18(14)26/h2-10H,1H3,(H2,27,28,29,30,31)/t10-/m1/s1. The van der Waals surface area contributed by atoms with Crippen molar-refractivity contribution in [2.24, 2.45) is 0 Å². The maximum absolute atomic E-state index is 14.8. The smallest absolute Gasteiger partial charge is 0.264 e. The number of fused-ring (bicyclic) bond motifs is 2. The van der Waals surface area contributed by atoms with Gasteiger partial charge < -0.3 is 10.3 Å². The average Bonchev–Trinajstić information content (AvgIpc) is 3.28. The number of rotatable bonds is 4. The molecule has 3 aromatic heterocycles. The Morgan fingerprint density at radius 1 is 1.09 bits per heavy atom. The Balaban J connectivity index is 1.77. The summed E-state index contributed by atoms with van der Waals surface area (Å²) in [6.45, 7) is 1.71. The summed E-state index contributed by atoms with van der Waals surface area (Å²) in [6, 6.07) is 6.92. The zero-order chi connectivity index (χ0) is 23.3. The van der Waals surface area contributed by atoms with Crippen LogP contribution in [0.25, 0.3) is 27.6 Å². The number of anilines is 1. The molecule has 2 N–H and O–H groups in total. The van der Waals surface area contributed by atoms with Gasteiger partial charge in [-0.25, -0.2) is 28.1 Å². The molecule has 0 radical (unpaired) electrons. The Kier molecular flexibility index (Phi) is 5.01. The molecular weight excluding hydrogens is 457 g/mol. The molecule has 1 atom stereocenters. The Morgan fingerprint density at radius 2 is 1.91 bits per heavy atom. The summed E-state index contributed by atoms with van der Waals surface area (Å²) >= 11 is 6.08. The first kappa shape index (κ1) is 21.0. The molecule has 0 aliphatic carbocycles. The van der Waals surface area contributed by atoms with E-state index in [9.17, 15) is 18.0 Å². The van der Waals surface area contributed by atoms with Gasteiger partial charge in [-0.1, -0.05) is 23.7 Å². The van der Waals surface area contributed by atoms with Gasteiger partial charge in [-0.3, -0.25) is 9.36 Å². The van der Waals surface area contributed by atoms with Crippen molar-refractivity contribution in [1.29, 1.82) is 0 Å². The molecule has 0 bridgehead atoms. The first-order valence-corrected chi connectivity index (χ1v) is 10.1. The second kappa shape index (κ2) is 7.89. The van der Waals surface area contributed by atoms with Crippen LogP contribution in [0.15, 0.2) is 53.8 Å². The van der Waals surface area contributed by atoms with Gasteiger partial charge in [-0.05, 0) is 36.6 Å². The third kappa shape index (κ3) is 3.39. The summed E-state index contributed by atoms with van der Waals surface area (Å²) in [5.41, 5.74) is 0.0910. The van der Waals surface area contributed by atoms with E-state index in [1.807, 2.05) is 0 Å². The number of aromatic amines is 1. The number of halogens is 4. The molecule has 0 amide bonds. The average molecular weight is 471 g/mol. The van der Waals surface area contributed by atoms with Crippen molar-refractivity contribution in [3.8, 4) is 5.69 Å². The van der Waals surface area contributed by atoms with Crippen LogP contribution in [-0.4, -0.2) is 24.5 Å². The molecule has 33 heavy (non-hydrogen) atoms. The second-order valence-electron chi connectivity index (χ2n) is 7.30. The molecular formula is C22H14ClF3N6O. The summed E-state index contributed by atoms with van der Waals surface area (Å²) in [5.74, 6) is -2.79. The van der Waals surface area contributed by atoms with Crippen molar-refractivity contribution in [1.82, 2.24) is 24.5 Å². The Hall–Kier alpha value is -3.92. The number of nitrogens with zero attached hydrogens (tertiary/aromatic N) is 4. The van der Waals surface area contributed by atoms with Crippen LogP contribution in [0.1, 0.15) is 18.7 Å². The van der Waals surface area contributed by atoms with Gasteiger partial charge in [0.25, 0.3) is 5.56 Å². The van der Waals surface area contributed by atoms with Crippen LogP contribution < -0.4 is 10.9 Å². The number of imidazole rings is 1. The fourth-order valence-electron chi connectivity index (χ4n) is 3.74. The van der Waals surface area contributed by atoms with Crippen molar-refractivity contribution < 1.29 is 13.2 Å². The van der Waals surface area contributed by atoms with Gasteiger partial charge in [0.2, 0.25) is 0 Å². The summed E-state index contributed by atoms with van der Waals surface area (Å²) in [7, 11) is 0. The third-order valence-corrected chi connectivity index (χ3v) is 5.66. The molecule has 5 aromatic rings. The third-order valence-electron chi connectivity index (χ3n) is 5.29. The lowest BCUT2D eigenvalue weighted by Crippen LogP contribution is -2.27. The summed E-state index contributed by atoms with van der Waals surface area (Å²) in [5, 5.41) is 2.93. The van der Waals surface area contributed by atoms with Crippen LogP contribution >= 0.6 is 11.6 Å². The highest BCUT2D eigenvalue weighted by Gasteiger charge is 2.23. The second-order valence-corrected chi connectivity index (χ2v) is 7.67. The van der Waals surface area contributed by atoms with Crippen LogP contribution in [0, 0.1) is 17.5 Å². The van der Waals surface area contributed by atoms with E-state index in [1.54, 1.807) is 13.0 Å². The van der Waals surface area contributed by atoms with E-state index in [0.29, 0.717) is 22.4 Å². The number of hydrogen-bond donors (Lipinski definition) is 2. The van der Waals surface area contributed by atoms with Crippen LogP contribution in [0.2, 0.25) is 5.02 Å². The number of aromatic nitrogens is 5. The van der Waals surface area contributed by atoms with Gasteiger partial charge in [0.1, 0.15) is 17.7 Å². The lowest BCUT2D eigenvalue weighted by molar-refractivity contribution is 0.502. The van der Waals surface area contributed by atoms with E-state index in [4.69, 9.17) is 11.6 Å². The minimum absolute atomic E-state index is 0.145. The van der Waals surface area contributed by atoms with Crippen LogP contribution in [0.4, 0.5) is 19.0 Å². The molecule has 0 fully saturated rings. The van der Waals surface area contributed by atoms with Crippen molar-refractivity contribution >= 4 is 39.4 Å². The maximum atomic E-state index is 14.8. The monoisotopic (exact) mass is 470 g/mol. The van der Waals surface area contributed by atoms with Crippen molar-refractivity contribution in [3.63, 3.8) is 0 Å². The molecule has 0 saturated carbocycles. The van der Waals surface area contributed by atoms with Crippen LogP contribution in [0.5, 0.6) is 0 Å². The maximum Gasteiger partial charge on any atom is 0.264 e. The Bertz CT molecular complexity index is 1600. The minimum Gasteiger partial charge on any atom is -0.360 e. The van der Waals surface area contributed by atoms with E-state index in [1.165, 1.54) is 30.9 Å². The van der Waals surface area contributed by atoms with Gasteiger partial charge in [-0.15, -0.1) is 0 Å². The van der Waals surface area contributed by atoms with Crippen molar-refractivity contribution in [2.75, 3.05) is 5.32 Å². The minimum atomic E-state index is -1.23. The summed E-state index contributed by atoms with van der Waals surface area (Å²) < 4.78 is 43.9. The molecule has 0 aliphatic heterocycles. The highest BCUT2D eigenvalue weighted by atomic mass is 35.5. The predicted molar refractivity (Wildman–Crippen MR) is 118 cm³/mol. The molecule has 0 unspecified atom stereocenters. The SMILES string of the molecule is C[C@@H](Nc1ncnc2[nH]cnc12)c1cc2ccc(F)c(Cl)c2c(=O)n1-c1cccc(F)c1F. The van der Waals surface area contributed by atoms with E-state index < -0.39 is 34.1 Å². The normalized spacial score (nSPS) is 12.4. The van der Waals surface area contributed by atoms with Crippen LogP contribution in [-0.2, 0) is 0 Å². The fraction of sp³-hybridized carbons (Fsp3) is 0.0909. The van der Waals surface area contributed by atoms with Gasteiger partial charge in [0, 0.05) is 5.69 Å². The number of nitrogens with one attached hydrogen (secondary N) is 2. The first-order chi connectivity index (χ1) is 15.9. The summed E-state index contributed by atoms with van der Waals surface area (Å²) in [6.07, 6.45) is 2.79. The Labute approximate surface area is 188 Å². The van der Waals surface area contributed by atoms with Gasteiger partial charge in [0.05, 0.1) is 28.5 Å². The first-order valence-electron chi connectivity index (χ1n) is 9.75. The molecule has 11 heteroatoms. The number of benzene rings is 2. The Morgan fingerprint density at radius 3 is 2.73 bits per heavy atom. The van der Waals surface area contributed by atoms with Gasteiger partial charge >= 0.3 is 0 Å². The molecule has 2 aromatic carbocycles. The molecule has 0 aliphatic rings. The van der Waals surface area contributed by atoms with E-state index in [0.717, 1.165) is 16.7 Å². The fourth-order valence-corrected chi connectivity index (χ4v) is 3.99. The van der Waals surface area contributed by atoms with E-state index in [2.05, 4.69) is 25.3 Å². The quantitative estimate of drug-likeness (QED) is 0.390. The summed E-state index contributed by atoms with van der Waals surface area (Å²) in [4.78, 5) is 28.8. The van der Waals surface area contributed by atoms with Gasteiger partial charge in [-0.2, -0.15) is 0 Å². The molecule has 166 valence electrons. The number of pyridine rings is 1. The van der Waals surface area contributed by atoms with Crippen molar-refractivity contribution in [3.05, 3.63) is 87.6 Å². The zero-order valence-electron chi connectivity index (χ0n) is 16.9. The zero-order valence-corrected chi connectivity index (χ0v) is 17.7. The number of H-pyrrole nitrogens is 1. The molecule has 0 saturated heterocycles. The van der Waals surface area contributed by atoms with Gasteiger partial charge in [0.15, 0.2) is 23.1 Å². The molecule has 7 nitrogen and oxygen atoms in total. The molecule has 3 heterocycles. The molecule has 0 spiro atoms. The predicted octanol–water partition coefficient (Wildman–Crippen LogP) is 4.90. The lowest BCUT2D eigenvalue weighted by atomic mass is 10.1. The van der Waals surface area contributed by atoms with E-state index in [-0.39, 0.29) is 16.8 Å².